The maximum absolute atomic E-state index is 8.42. The summed E-state index contributed by atoms with van der Waals surface area (Å²) in [6, 6.07) is 0. The van der Waals surface area contributed by atoms with Gasteiger partial charge >= 0.3 is 51.1 Å². The second-order valence-corrected chi connectivity index (χ2v) is 0. The molecule has 0 aliphatic rings. The Morgan fingerprint density at radius 2 is 1.25 bits per heavy atom. The van der Waals surface area contributed by atoms with E-state index < -0.39 is 0 Å². The predicted molar refractivity (Wildman–Crippen MR) is 27.7 cm³/mol. The minimum absolute atomic E-state index is 0. The molecule has 0 aromatic rings. The van der Waals surface area contributed by atoms with Gasteiger partial charge in [0.2, 0.25) is 0 Å². The van der Waals surface area contributed by atoms with Crippen molar-refractivity contribution in [2.45, 2.75) is 0 Å². The van der Waals surface area contributed by atoms with Crippen molar-refractivity contribution in [1.82, 2.24) is 0 Å². The van der Waals surface area contributed by atoms with Crippen LogP contribution in [0, 0.1) is 0 Å². The van der Waals surface area contributed by atoms with Crippen molar-refractivity contribution in [3.8, 4) is 0 Å². The van der Waals surface area contributed by atoms with Gasteiger partial charge in [0.15, 0.2) is 0 Å². The van der Waals surface area contributed by atoms with Gasteiger partial charge in [0.05, 0.1) is 0 Å². The van der Waals surface area contributed by atoms with Crippen LogP contribution in [-0.2, 0) is 2.85 Å². The van der Waals surface area contributed by atoms with Crippen LogP contribution in [0.3, 0.4) is 0 Å². The van der Waals surface area contributed by atoms with E-state index in [0.29, 0.717) is 0 Å². The molecule has 0 saturated heterocycles. The molecule has 2 radical (unpaired) electrons. The zero-order chi connectivity index (χ0) is 2.00. The molecule has 0 heterocycles. The second kappa shape index (κ2) is 22.4. The van der Waals surface area contributed by atoms with E-state index in [1.807, 2.05) is 0 Å². The Labute approximate surface area is 61.5 Å². The number of rotatable bonds is 0. The Kier molecular flexibility index (Phi) is 96.9. The van der Waals surface area contributed by atoms with Gasteiger partial charge < -0.3 is 0 Å². The first-order valence-corrected chi connectivity index (χ1v) is 1.94. The van der Waals surface area contributed by atoms with Crippen molar-refractivity contribution < 1.29 is 2.85 Å². The summed E-state index contributed by atoms with van der Waals surface area (Å²) in [5.74, 6) is 0. The Bertz CT molecular complexity index is 8.00. The SMILES string of the molecule is [O]=[InH].[SiH4].[SnH2]. The average Bonchev–Trinajstić information content (AvgIpc) is 1.00. The second-order valence-electron chi connectivity index (χ2n) is 0. The average molecular weight is 285 g/mol. The zero-order valence-electron chi connectivity index (χ0n) is 1.82. The molecule has 0 saturated carbocycles. The molecular formula is H7InOSiSn. The van der Waals surface area contributed by atoms with Gasteiger partial charge in [-0.15, -0.1) is 0 Å². The van der Waals surface area contributed by atoms with E-state index >= 15 is 0 Å². The molecule has 0 fully saturated rings. The molecule has 24 valence electrons. The van der Waals surface area contributed by atoms with Gasteiger partial charge in [0, 0.05) is 0 Å². The van der Waals surface area contributed by atoms with E-state index in [2.05, 4.69) is 0 Å². The summed E-state index contributed by atoms with van der Waals surface area (Å²) in [5, 5.41) is 0. The van der Waals surface area contributed by atoms with E-state index in [1.165, 1.54) is 0 Å². The molecule has 1 nitrogen and oxygen atoms in total. The Hall–Kier alpha value is 1.69. The summed E-state index contributed by atoms with van der Waals surface area (Å²) in [6.07, 6.45) is 0. The molecule has 0 amide bonds. The minimum atomic E-state index is -0.1000. The van der Waals surface area contributed by atoms with Gasteiger partial charge in [0.1, 0.15) is 0 Å². The fraction of sp³-hybridized carbons (Fsp3) is 0. The fourth-order valence-corrected chi connectivity index (χ4v) is 0. The molecule has 0 atom stereocenters. The Morgan fingerprint density at radius 3 is 1.25 bits per heavy atom. The summed E-state index contributed by atoms with van der Waals surface area (Å²) < 4.78 is 8.42. The van der Waals surface area contributed by atoms with Crippen LogP contribution in [0.1, 0.15) is 0 Å². The summed E-state index contributed by atoms with van der Waals surface area (Å²) in [6.45, 7) is 0. The van der Waals surface area contributed by atoms with Gasteiger partial charge in [0.25, 0.3) is 0 Å². The molecule has 0 spiro atoms. The molecule has 0 aliphatic carbocycles. The van der Waals surface area contributed by atoms with Crippen LogP contribution < -0.4 is 0 Å². The molecule has 0 bridgehead atoms. The molecule has 0 aromatic carbocycles. The summed E-state index contributed by atoms with van der Waals surface area (Å²) in [4.78, 5) is 0. The van der Waals surface area contributed by atoms with Crippen molar-refractivity contribution >= 4 is 59.2 Å². The maximum atomic E-state index is 8.42. The van der Waals surface area contributed by atoms with Gasteiger partial charge in [-0.1, -0.05) is 0 Å². The van der Waals surface area contributed by atoms with Gasteiger partial charge in [-0.3, -0.25) is 0 Å². The summed E-state index contributed by atoms with van der Waals surface area (Å²) in [7, 11) is 0. The van der Waals surface area contributed by atoms with E-state index in [1.54, 1.807) is 0 Å². The summed E-state index contributed by atoms with van der Waals surface area (Å²) in [5.41, 5.74) is 0. The third kappa shape index (κ3) is 9.36. The van der Waals surface area contributed by atoms with Gasteiger partial charge in [-0.2, -0.15) is 0 Å². The van der Waals surface area contributed by atoms with Crippen molar-refractivity contribution in [2.75, 3.05) is 0 Å². The van der Waals surface area contributed by atoms with E-state index in [-0.39, 0.29) is 59.2 Å². The van der Waals surface area contributed by atoms with Crippen molar-refractivity contribution in [3.63, 3.8) is 0 Å². The molecule has 0 rings (SSSR count). The van der Waals surface area contributed by atoms with Crippen LogP contribution in [-0.4, -0.2) is 59.2 Å². The summed E-state index contributed by atoms with van der Waals surface area (Å²) >= 11 is -0.1000. The van der Waals surface area contributed by atoms with E-state index in [0.717, 1.165) is 0 Å². The third-order valence-electron chi connectivity index (χ3n) is 0. The first-order valence-electron chi connectivity index (χ1n) is 0.289. The Balaban J connectivity index is -0.00000000500. The number of hydrogen-bond donors (Lipinski definition) is 0. The monoisotopic (exact) mass is 286 g/mol. The zero-order valence-corrected chi connectivity index (χ0v) is 9.90. The topological polar surface area (TPSA) is 17.1 Å². The molecular weight excluding hydrogens is 278 g/mol. The van der Waals surface area contributed by atoms with E-state index in [9.17, 15) is 0 Å². The van der Waals surface area contributed by atoms with Crippen LogP contribution >= 0.6 is 0 Å². The molecule has 0 unspecified atom stereocenters. The predicted octanol–water partition coefficient (Wildman–Crippen LogP) is -3.14. The third-order valence-corrected chi connectivity index (χ3v) is 0. The Morgan fingerprint density at radius 1 is 1.25 bits per heavy atom. The first kappa shape index (κ1) is 17.3. The van der Waals surface area contributed by atoms with Crippen molar-refractivity contribution in [1.29, 1.82) is 0 Å². The first-order chi connectivity index (χ1) is 1.00. The van der Waals surface area contributed by atoms with Crippen LogP contribution in [0.4, 0.5) is 0 Å². The molecule has 4 heavy (non-hydrogen) atoms. The molecule has 0 N–H and O–H groups in total. The molecule has 0 aliphatic heterocycles. The van der Waals surface area contributed by atoms with Gasteiger partial charge in [-0.05, 0) is 11.0 Å². The van der Waals surface area contributed by atoms with Crippen molar-refractivity contribution in [3.05, 3.63) is 0 Å². The normalized spacial score (nSPS) is 0.750. The van der Waals surface area contributed by atoms with Gasteiger partial charge in [-0.25, -0.2) is 0 Å². The fourth-order valence-electron chi connectivity index (χ4n) is 0. The van der Waals surface area contributed by atoms with E-state index in [4.69, 9.17) is 2.85 Å². The molecule has 4 heteroatoms. The number of hydrogen-bond acceptors (Lipinski definition) is 1. The van der Waals surface area contributed by atoms with Crippen LogP contribution in [0.25, 0.3) is 0 Å². The van der Waals surface area contributed by atoms with Crippen LogP contribution in [0.5, 0.6) is 0 Å². The van der Waals surface area contributed by atoms with Crippen LogP contribution in [0.15, 0.2) is 0 Å². The van der Waals surface area contributed by atoms with Crippen molar-refractivity contribution in [2.24, 2.45) is 0 Å². The van der Waals surface area contributed by atoms with Crippen LogP contribution in [0.2, 0.25) is 0 Å². The quantitative estimate of drug-likeness (QED) is 0.430. The molecule has 0 aromatic heterocycles. The standard InChI is InChI=1S/In.O.H4Si.Sn.3H/h;;1H4;;;;.